The largest absolute Gasteiger partial charge is 0.480 e. The molecule has 0 aromatic heterocycles. The molecule has 8 nitrogen and oxygen atoms in total. The molecular formula is C30H54O8S. The van der Waals surface area contributed by atoms with Crippen LogP contribution in [0.3, 0.4) is 0 Å². The third kappa shape index (κ3) is 21.7. The third-order valence-electron chi connectivity index (χ3n) is 6.63. The predicted molar refractivity (Wildman–Crippen MR) is 156 cm³/mol. The quantitative estimate of drug-likeness (QED) is 0.0553. The molecule has 0 rings (SSSR count). The minimum atomic E-state index is -1.97. The Hall–Kier alpha value is -1.77. The predicted octanol–water partition coefficient (Wildman–Crippen LogP) is 7.55. The van der Waals surface area contributed by atoms with Crippen LogP contribution in [0.2, 0.25) is 0 Å². The molecule has 0 saturated carbocycles. The molecule has 0 aliphatic carbocycles. The van der Waals surface area contributed by atoms with E-state index in [1.165, 1.54) is 77.0 Å². The monoisotopic (exact) mass is 574 g/mol. The van der Waals surface area contributed by atoms with Crippen molar-refractivity contribution < 1.29 is 38.9 Å². The third-order valence-corrected chi connectivity index (χ3v) is 7.97. The number of ether oxygens (including phenoxy) is 2. The van der Waals surface area contributed by atoms with E-state index in [1.807, 2.05) is 0 Å². The second kappa shape index (κ2) is 26.5. The zero-order chi connectivity index (χ0) is 29.1. The van der Waals surface area contributed by atoms with Gasteiger partial charge in [0.25, 0.3) is 0 Å². The van der Waals surface area contributed by atoms with E-state index in [2.05, 4.69) is 13.8 Å². The van der Waals surface area contributed by atoms with Gasteiger partial charge in [-0.05, 0) is 12.8 Å². The number of esters is 2. The summed E-state index contributed by atoms with van der Waals surface area (Å²) in [4.78, 5) is 47.9. The topological polar surface area (TPSA) is 127 Å². The van der Waals surface area contributed by atoms with Gasteiger partial charge in [-0.25, -0.2) is 0 Å². The highest BCUT2D eigenvalue weighted by Gasteiger charge is 2.39. The Labute approximate surface area is 240 Å². The molecule has 0 aliphatic heterocycles. The van der Waals surface area contributed by atoms with Crippen LogP contribution in [0.25, 0.3) is 0 Å². The number of carbonyl (C=O) groups is 4. The Morgan fingerprint density at radius 2 is 0.769 bits per heavy atom. The molecule has 0 heterocycles. The number of rotatable bonds is 28. The van der Waals surface area contributed by atoms with Gasteiger partial charge in [0.15, 0.2) is 0 Å². The molecule has 2 N–H and O–H groups in total. The number of unbranched alkanes of at least 4 members (excludes halogenated alkanes) is 18. The number of hydrogen-bond acceptors (Lipinski definition) is 7. The summed E-state index contributed by atoms with van der Waals surface area (Å²) in [6.45, 7) is 4.60. The van der Waals surface area contributed by atoms with E-state index in [0.717, 1.165) is 38.5 Å². The van der Waals surface area contributed by atoms with Gasteiger partial charge >= 0.3 is 23.9 Å². The van der Waals surface area contributed by atoms with Gasteiger partial charge in [-0.1, -0.05) is 129 Å². The summed E-state index contributed by atoms with van der Waals surface area (Å²) >= 11 is 0.240. The number of hydrogen-bond donors (Lipinski definition) is 2. The van der Waals surface area contributed by atoms with E-state index in [4.69, 9.17) is 9.47 Å². The number of thioether (sulfide) groups is 1. The van der Waals surface area contributed by atoms with Gasteiger partial charge < -0.3 is 19.7 Å². The van der Waals surface area contributed by atoms with E-state index < -0.39 is 34.4 Å². The first-order chi connectivity index (χ1) is 18.8. The van der Waals surface area contributed by atoms with Crippen molar-refractivity contribution in [3.05, 3.63) is 0 Å². The van der Waals surface area contributed by atoms with Crippen molar-refractivity contribution in [3.8, 4) is 0 Å². The summed E-state index contributed by atoms with van der Waals surface area (Å²) in [5.74, 6) is -5.17. The van der Waals surface area contributed by atoms with Crippen LogP contribution in [0.15, 0.2) is 0 Å². The average molecular weight is 575 g/mol. The minimum absolute atomic E-state index is 0.100. The highest BCUT2D eigenvalue weighted by molar-refractivity contribution is 8.03. The van der Waals surface area contributed by atoms with Crippen LogP contribution >= 0.6 is 11.8 Å². The van der Waals surface area contributed by atoms with Gasteiger partial charge in [0.1, 0.15) is 0 Å². The SMILES string of the molecule is CCCCCCCCCCCCOC(=O)C(SC(C(=O)O)C(=O)O)C(=O)OCCCCCCCCCCCC. The van der Waals surface area contributed by atoms with Crippen molar-refractivity contribution in [1.82, 2.24) is 0 Å². The molecule has 0 unspecified atom stereocenters. The lowest BCUT2D eigenvalue weighted by Gasteiger charge is -2.17. The Morgan fingerprint density at radius 3 is 1.05 bits per heavy atom. The fraction of sp³-hybridized carbons (Fsp3) is 0.867. The van der Waals surface area contributed by atoms with E-state index in [1.54, 1.807) is 0 Å². The lowest BCUT2D eigenvalue weighted by atomic mass is 10.1. The van der Waals surface area contributed by atoms with Crippen molar-refractivity contribution in [2.75, 3.05) is 13.2 Å². The second-order valence-electron chi connectivity index (χ2n) is 10.3. The van der Waals surface area contributed by atoms with Crippen LogP contribution in [0.1, 0.15) is 142 Å². The smallest absolute Gasteiger partial charge is 0.330 e. The fourth-order valence-corrected chi connectivity index (χ4v) is 5.10. The lowest BCUT2D eigenvalue weighted by molar-refractivity contribution is -0.153. The second-order valence-corrected chi connectivity index (χ2v) is 11.5. The molecular weight excluding hydrogens is 520 g/mol. The molecule has 9 heteroatoms. The first kappa shape index (κ1) is 37.2. The maximum atomic E-state index is 12.6. The normalized spacial score (nSPS) is 11.2. The molecule has 0 saturated heterocycles. The summed E-state index contributed by atoms with van der Waals surface area (Å²) in [6.07, 6.45) is 22.4. The molecule has 228 valence electrons. The standard InChI is InChI=1S/C30H54O8S/c1-3-5-7-9-11-13-15-17-19-21-23-37-29(35)26(39-25(27(31)32)28(33)34)30(36)38-24-22-20-18-16-14-12-10-8-6-4-2/h25-26H,3-24H2,1-2H3,(H,31,32)(H,33,34). The van der Waals surface area contributed by atoms with E-state index >= 15 is 0 Å². The molecule has 0 bridgehead atoms. The van der Waals surface area contributed by atoms with Crippen molar-refractivity contribution in [2.24, 2.45) is 0 Å². The van der Waals surface area contributed by atoms with Crippen LogP contribution in [-0.4, -0.2) is 57.8 Å². The maximum Gasteiger partial charge on any atom is 0.330 e. The van der Waals surface area contributed by atoms with Crippen molar-refractivity contribution in [3.63, 3.8) is 0 Å². The minimum Gasteiger partial charge on any atom is -0.480 e. The van der Waals surface area contributed by atoms with E-state index in [-0.39, 0.29) is 25.0 Å². The Kier molecular flexibility index (Phi) is 25.3. The van der Waals surface area contributed by atoms with Crippen LogP contribution in [0.5, 0.6) is 0 Å². The molecule has 39 heavy (non-hydrogen) atoms. The first-order valence-corrected chi connectivity index (χ1v) is 16.2. The number of carboxylic acid groups (broad SMARTS) is 2. The Balaban J connectivity index is 4.38. The fourth-order valence-electron chi connectivity index (χ4n) is 4.24. The summed E-state index contributed by atoms with van der Waals surface area (Å²) < 4.78 is 10.4. The summed E-state index contributed by atoms with van der Waals surface area (Å²) in [7, 11) is 0. The van der Waals surface area contributed by atoms with Crippen LogP contribution < -0.4 is 0 Å². The van der Waals surface area contributed by atoms with Gasteiger partial charge in [-0.3, -0.25) is 19.2 Å². The van der Waals surface area contributed by atoms with Crippen LogP contribution in [0, 0.1) is 0 Å². The van der Waals surface area contributed by atoms with E-state index in [9.17, 15) is 29.4 Å². The van der Waals surface area contributed by atoms with Gasteiger partial charge in [0.2, 0.25) is 10.5 Å². The Morgan fingerprint density at radius 1 is 0.487 bits per heavy atom. The summed E-state index contributed by atoms with van der Waals surface area (Å²) in [5, 5.41) is 14.8. The number of carbonyl (C=O) groups excluding carboxylic acids is 2. The molecule has 0 fully saturated rings. The molecule has 0 spiro atoms. The van der Waals surface area contributed by atoms with Gasteiger partial charge in [0.05, 0.1) is 13.2 Å². The maximum absolute atomic E-state index is 12.6. The molecule has 0 aromatic carbocycles. The summed E-state index contributed by atoms with van der Waals surface area (Å²) in [6, 6.07) is 0. The number of aliphatic carboxylic acids is 2. The summed E-state index contributed by atoms with van der Waals surface area (Å²) in [5.41, 5.74) is 0. The average Bonchev–Trinajstić information content (AvgIpc) is 2.90. The zero-order valence-corrected chi connectivity index (χ0v) is 25.3. The highest BCUT2D eigenvalue weighted by atomic mass is 32.2. The molecule has 0 radical (unpaired) electrons. The van der Waals surface area contributed by atoms with Crippen molar-refractivity contribution in [1.29, 1.82) is 0 Å². The van der Waals surface area contributed by atoms with Crippen LogP contribution in [0.4, 0.5) is 0 Å². The Bertz CT molecular complexity index is 603. The van der Waals surface area contributed by atoms with Gasteiger partial charge in [-0.15, -0.1) is 11.8 Å². The van der Waals surface area contributed by atoms with Crippen molar-refractivity contribution >= 4 is 35.6 Å². The zero-order valence-electron chi connectivity index (χ0n) is 24.5. The van der Waals surface area contributed by atoms with E-state index in [0.29, 0.717) is 12.8 Å². The molecule has 0 aliphatic rings. The first-order valence-electron chi connectivity index (χ1n) is 15.3. The van der Waals surface area contributed by atoms with Gasteiger partial charge in [-0.2, -0.15) is 0 Å². The van der Waals surface area contributed by atoms with Crippen LogP contribution in [-0.2, 0) is 28.7 Å². The highest BCUT2D eigenvalue weighted by Crippen LogP contribution is 2.22. The lowest BCUT2D eigenvalue weighted by Crippen LogP contribution is -2.37. The molecule has 0 amide bonds. The molecule has 0 atom stereocenters. The molecule has 0 aromatic rings. The van der Waals surface area contributed by atoms with Gasteiger partial charge in [0, 0.05) is 0 Å². The van der Waals surface area contributed by atoms with Crippen molar-refractivity contribution in [2.45, 2.75) is 153 Å². The number of carboxylic acids is 2.